The number of hydrogen-bond donors (Lipinski definition) is 2. The molecule has 5 nitrogen and oxygen atoms in total. The zero-order valence-electron chi connectivity index (χ0n) is 13.0. The van der Waals surface area contributed by atoms with Gasteiger partial charge in [-0.15, -0.1) is 0 Å². The minimum absolute atomic E-state index is 0.000399. The maximum atomic E-state index is 10.4. The van der Waals surface area contributed by atoms with Crippen LogP contribution in [0.25, 0.3) is 0 Å². The van der Waals surface area contributed by atoms with Gasteiger partial charge in [0.05, 0.1) is 12.7 Å². The fraction of sp³-hybridized carbons (Fsp3) is 0.562. The lowest BCUT2D eigenvalue weighted by molar-refractivity contribution is 0.0591. The van der Waals surface area contributed by atoms with Crippen molar-refractivity contribution in [1.82, 2.24) is 9.88 Å². The van der Waals surface area contributed by atoms with E-state index in [0.29, 0.717) is 18.7 Å². The molecule has 2 N–H and O–H groups in total. The van der Waals surface area contributed by atoms with Crippen molar-refractivity contribution in [2.24, 2.45) is 0 Å². The van der Waals surface area contributed by atoms with Crippen LogP contribution in [0.4, 0.5) is 0 Å². The number of ether oxygens (including phenoxy) is 1. The van der Waals surface area contributed by atoms with Gasteiger partial charge in [0.15, 0.2) is 0 Å². The minimum atomic E-state index is -0.970. The first-order valence-electron chi connectivity index (χ1n) is 7.28. The molecule has 0 saturated heterocycles. The van der Waals surface area contributed by atoms with Crippen LogP contribution < -0.4 is 0 Å². The summed E-state index contributed by atoms with van der Waals surface area (Å²) in [5, 5.41) is 20.7. The number of rotatable bonds is 6. The van der Waals surface area contributed by atoms with Gasteiger partial charge in [0.1, 0.15) is 17.5 Å². The molecule has 0 fully saturated rings. The predicted octanol–water partition coefficient (Wildman–Crippen LogP) is 2.31. The molecule has 2 rings (SSSR count). The molecule has 1 aromatic rings. The van der Waals surface area contributed by atoms with Gasteiger partial charge in [-0.2, -0.15) is 0 Å². The highest BCUT2D eigenvalue weighted by atomic mass is 16.5. The Morgan fingerprint density at radius 1 is 1.57 bits per heavy atom. The largest absolute Gasteiger partial charge is 0.506 e. The van der Waals surface area contributed by atoms with Crippen LogP contribution in [0.5, 0.6) is 5.75 Å². The van der Waals surface area contributed by atoms with Crippen molar-refractivity contribution < 1.29 is 14.9 Å². The zero-order chi connectivity index (χ0) is 15.6. The van der Waals surface area contributed by atoms with Gasteiger partial charge in [-0.05, 0) is 26.1 Å². The first-order valence-corrected chi connectivity index (χ1v) is 7.28. The molecule has 5 heteroatoms. The molecule has 0 aliphatic carbocycles. The van der Waals surface area contributed by atoms with Gasteiger partial charge >= 0.3 is 0 Å². The monoisotopic (exact) mass is 292 g/mol. The minimum Gasteiger partial charge on any atom is -0.506 e. The second-order valence-corrected chi connectivity index (χ2v) is 5.81. The summed E-state index contributed by atoms with van der Waals surface area (Å²) in [6, 6.07) is 0. The molecule has 0 aromatic carbocycles. The van der Waals surface area contributed by atoms with Gasteiger partial charge in [0, 0.05) is 23.9 Å². The van der Waals surface area contributed by atoms with E-state index in [9.17, 15) is 10.2 Å². The first-order chi connectivity index (χ1) is 9.95. The number of aromatic hydroxyl groups is 1. The lowest BCUT2D eigenvalue weighted by Gasteiger charge is -2.19. The lowest BCUT2D eigenvalue weighted by atomic mass is 9.99. The summed E-state index contributed by atoms with van der Waals surface area (Å²) in [5.41, 5.74) is 2.55. The molecule has 1 aliphatic rings. The predicted molar refractivity (Wildman–Crippen MR) is 81.0 cm³/mol. The highest BCUT2D eigenvalue weighted by Gasteiger charge is 2.29. The summed E-state index contributed by atoms with van der Waals surface area (Å²) < 4.78 is 5.69. The number of aliphatic hydroxyl groups is 1. The third-order valence-corrected chi connectivity index (χ3v) is 3.71. The van der Waals surface area contributed by atoms with Crippen molar-refractivity contribution >= 4 is 0 Å². The topological polar surface area (TPSA) is 65.8 Å². The smallest absolute Gasteiger partial charge is 0.146 e. The van der Waals surface area contributed by atoms with Crippen LogP contribution in [0.2, 0.25) is 0 Å². The highest BCUT2D eigenvalue weighted by molar-refractivity contribution is 5.46. The number of aromatic nitrogens is 1. The molecule has 0 radical (unpaired) electrons. The number of nitrogens with zero attached hydrogens (tertiary/aromatic N) is 2. The highest BCUT2D eigenvalue weighted by Crippen LogP contribution is 2.41. The van der Waals surface area contributed by atoms with E-state index in [0.717, 1.165) is 24.0 Å². The molecule has 0 amide bonds. The summed E-state index contributed by atoms with van der Waals surface area (Å²) in [7, 11) is 3.80. The van der Waals surface area contributed by atoms with Crippen molar-refractivity contribution in [3.05, 3.63) is 35.2 Å². The van der Waals surface area contributed by atoms with Gasteiger partial charge in [-0.25, -0.2) is 0 Å². The molecular weight excluding hydrogens is 268 g/mol. The van der Waals surface area contributed by atoms with Crippen molar-refractivity contribution in [2.75, 3.05) is 20.6 Å². The van der Waals surface area contributed by atoms with E-state index in [-0.39, 0.29) is 17.5 Å². The Balaban J connectivity index is 2.26. The normalized spacial score (nSPS) is 18.8. The Labute approximate surface area is 125 Å². The van der Waals surface area contributed by atoms with Crippen LogP contribution in [0, 0.1) is 0 Å². The quantitative estimate of drug-likeness (QED) is 0.788. The maximum absolute atomic E-state index is 10.4. The third kappa shape index (κ3) is 3.26. The number of fused-ring (bicyclic) bond motifs is 1. The Hall–Kier alpha value is -1.43. The number of likely N-dealkylation sites (N-methyl/N-ethyl adjacent to an activating group) is 1. The van der Waals surface area contributed by atoms with Crippen LogP contribution in [-0.2, 0) is 11.3 Å². The second kappa shape index (κ2) is 6.56. The van der Waals surface area contributed by atoms with Crippen molar-refractivity contribution in [3.63, 3.8) is 0 Å². The molecule has 0 spiro atoms. The summed E-state index contributed by atoms with van der Waals surface area (Å²) in [4.78, 5) is 6.16. The van der Waals surface area contributed by atoms with E-state index < -0.39 is 6.10 Å². The molecule has 1 aliphatic heterocycles. The molecule has 0 saturated carbocycles. The van der Waals surface area contributed by atoms with E-state index in [1.54, 1.807) is 6.20 Å². The number of hydrogen-bond acceptors (Lipinski definition) is 5. The first kappa shape index (κ1) is 15.9. The average molecular weight is 292 g/mol. The molecule has 116 valence electrons. The third-order valence-electron chi connectivity index (χ3n) is 3.71. The standard InChI is InChI=1S/C16H24N2O3/c1-5-6-13-11-7-17-14(16(20)12(11)9-21-13)15(19)10(2)8-18(3)4/h7,13,15,19-20H,2,5-6,8-9H2,1,3-4H3. The van der Waals surface area contributed by atoms with Crippen molar-refractivity contribution in [1.29, 1.82) is 0 Å². The summed E-state index contributed by atoms with van der Waals surface area (Å²) in [5.74, 6) is 0.0403. The van der Waals surface area contributed by atoms with Gasteiger partial charge in [-0.1, -0.05) is 19.9 Å². The summed E-state index contributed by atoms with van der Waals surface area (Å²) in [6.45, 7) is 6.88. The molecule has 2 unspecified atom stereocenters. The van der Waals surface area contributed by atoms with Crippen LogP contribution >= 0.6 is 0 Å². The van der Waals surface area contributed by atoms with Crippen LogP contribution in [0.1, 0.15) is 48.8 Å². The molecule has 1 aromatic heterocycles. The van der Waals surface area contributed by atoms with E-state index >= 15 is 0 Å². The second-order valence-electron chi connectivity index (χ2n) is 5.81. The average Bonchev–Trinajstić information content (AvgIpc) is 2.82. The van der Waals surface area contributed by atoms with E-state index in [1.807, 2.05) is 19.0 Å². The Kier molecular flexibility index (Phi) is 4.98. The SMILES string of the molecule is C=C(CN(C)C)C(O)c1ncc2c(c1O)COC2CCC. The maximum Gasteiger partial charge on any atom is 0.146 e. The fourth-order valence-corrected chi connectivity index (χ4v) is 2.66. The molecule has 0 bridgehead atoms. The van der Waals surface area contributed by atoms with Gasteiger partial charge in [0.25, 0.3) is 0 Å². The summed E-state index contributed by atoms with van der Waals surface area (Å²) in [6.07, 6.45) is 2.66. The van der Waals surface area contributed by atoms with Crippen LogP contribution in [-0.4, -0.2) is 40.7 Å². The number of pyridine rings is 1. The lowest BCUT2D eigenvalue weighted by Crippen LogP contribution is -2.19. The molecule has 2 heterocycles. The van der Waals surface area contributed by atoms with E-state index in [2.05, 4.69) is 18.5 Å². The zero-order valence-corrected chi connectivity index (χ0v) is 13.0. The van der Waals surface area contributed by atoms with E-state index in [1.165, 1.54) is 0 Å². The Morgan fingerprint density at radius 3 is 2.90 bits per heavy atom. The Morgan fingerprint density at radius 2 is 2.29 bits per heavy atom. The fourth-order valence-electron chi connectivity index (χ4n) is 2.66. The molecule has 2 atom stereocenters. The van der Waals surface area contributed by atoms with Gasteiger partial charge in [0.2, 0.25) is 0 Å². The van der Waals surface area contributed by atoms with Gasteiger partial charge in [-0.3, -0.25) is 4.98 Å². The van der Waals surface area contributed by atoms with Crippen LogP contribution in [0.15, 0.2) is 18.3 Å². The van der Waals surface area contributed by atoms with Gasteiger partial charge < -0.3 is 19.8 Å². The summed E-state index contributed by atoms with van der Waals surface area (Å²) >= 11 is 0. The molecule has 21 heavy (non-hydrogen) atoms. The molecular formula is C16H24N2O3. The van der Waals surface area contributed by atoms with Crippen LogP contribution in [0.3, 0.4) is 0 Å². The van der Waals surface area contributed by atoms with E-state index in [4.69, 9.17) is 4.74 Å². The Bertz CT molecular complexity index is 528. The van der Waals surface area contributed by atoms with Crippen molar-refractivity contribution in [3.8, 4) is 5.75 Å². The van der Waals surface area contributed by atoms with Crippen molar-refractivity contribution in [2.45, 2.75) is 38.6 Å². The number of aliphatic hydroxyl groups excluding tert-OH is 1.